The van der Waals surface area contributed by atoms with Crippen molar-refractivity contribution in [2.45, 2.75) is 12.6 Å². The molecule has 158 valence electrons. The van der Waals surface area contributed by atoms with Crippen LogP contribution < -0.4 is 14.8 Å². The Morgan fingerprint density at radius 3 is 2.81 bits per heavy atom. The van der Waals surface area contributed by atoms with Crippen molar-refractivity contribution in [3.8, 4) is 17.7 Å². The van der Waals surface area contributed by atoms with Gasteiger partial charge in [0.25, 0.3) is 0 Å². The Morgan fingerprint density at radius 2 is 2.06 bits per heavy atom. The number of ether oxygens (including phenoxy) is 2. The van der Waals surface area contributed by atoms with Gasteiger partial charge in [0.1, 0.15) is 23.7 Å². The van der Waals surface area contributed by atoms with Gasteiger partial charge in [-0.3, -0.25) is 4.90 Å². The summed E-state index contributed by atoms with van der Waals surface area (Å²) in [5.41, 5.74) is 3.27. The number of fused-ring (bicyclic) bond motifs is 1. The molecule has 0 saturated carbocycles. The fraction of sp³-hybridized carbons (Fsp3) is 0.250. The Hall–Kier alpha value is -3.60. The number of nitriles is 1. The zero-order valence-electron chi connectivity index (χ0n) is 17.3. The Morgan fingerprint density at radius 1 is 1.23 bits per heavy atom. The Balaban J connectivity index is 1.62. The van der Waals surface area contributed by atoms with Crippen LogP contribution in [0.3, 0.4) is 0 Å². The van der Waals surface area contributed by atoms with Gasteiger partial charge < -0.3 is 19.9 Å². The topological polar surface area (TPSA) is 90.6 Å². The van der Waals surface area contributed by atoms with E-state index in [2.05, 4.69) is 16.3 Å². The molecule has 1 aliphatic heterocycles. The second-order valence-electron chi connectivity index (χ2n) is 7.29. The van der Waals surface area contributed by atoms with Gasteiger partial charge in [0.15, 0.2) is 0 Å². The predicted octanol–water partition coefficient (Wildman–Crippen LogP) is 3.63. The molecule has 2 heterocycles. The summed E-state index contributed by atoms with van der Waals surface area (Å²) in [4.78, 5) is 6.88. The quantitative estimate of drug-likeness (QED) is 0.634. The average molecular weight is 416 g/mol. The number of nitrogens with one attached hydrogen (secondary N) is 1. The SMILES string of the molecule is COc1cc(Nc2ccc3c(n2)OC(c2ccccc2)CN(CCO)C3)ccc1C#N. The van der Waals surface area contributed by atoms with Crippen molar-refractivity contribution in [3.05, 3.63) is 77.4 Å². The van der Waals surface area contributed by atoms with E-state index in [0.717, 1.165) is 16.8 Å². The van der Waals surface area contributed by atoms with Crippen molar-refractivity contribution < 1.29 is 14.6 Å². The molecular weight excluding hydrogens is 392 g/mol. The maximum atomic E-state index is 9.47. The van der Waals surface area contributed by atoms with Crippen molar-refractivity contribution >= 4 is 11.5 Å². The molecule has 2 N–H and O–H groups in total. The number of β-amino-alcohol motifs (C(OH)–C–C–N with tert-alkyl or cyclic N) is 1. The van der Waals surface area contributed by atoms with Crippen molar-refractivity contribution in [1.29, 1.82) is 5.26 Å². The highest BCUT2D eigenvalue weighted by Crippen LogP contribution is 2.32. The molecule has 1 aliphatic rings. The van der Waals surface area contributed by atoms with Crippen LogP contribution in [0.25, 0.3) is 0 Å². The van der Waals surface area contributed by atoms with E-state index in [1.54, 1.807) is 12.1 Å². The summed E-state index contributed by atoms with van der Waals surface area (Å²) in [6.45, 7) is 1.97. The van der Waals surface area contributed by atoms with Crippen LogP contribution in [-0.4, -0.2) is 41.8 Å². The lowest BCUT2D eigenvalue weighted by molar-refractivity contribution is 0.126. The van der Waals surface area contributed by atoms with E-state index < -0.39 is 0 Å². The molecular formula is C24H24N4O3. The number of hydrogen-bond acceptors (Lipinski definition) is 7. The molecule has 7 heteroatoms. The molecule has 7 nitrogen and oxygen atoms in total. The van der Waals surface area contributed by atoms with E-state index in [4.69, 9.17) is 19.7 Å². The third kappa shape index (κ3) is 4.77. The van der Waals surface area contributed by atoms with Gasteiger partial charge in [0.2, 0.25) is 5.88 Å². The third-order valence-electron chi connectivity index (χ3n) is 5.19. The molecule has 0 radical (unpaired) electrons. The molecule has 4 rings (SSSR count). The molecule has 0 saturated heterocycles. The van der Waals surface area contributed by atoms with Crippen LogP contribution in [0.1, 0.15) is 22.8 Å². The number of aliphatic hydroxyl groups excluding tert-OH is 1. The number of benzene rings is 2. The number of rotatable bonds is 6. The second kappa shape index (κ2) is 9.47. The largest absolute Gasteiger partial charge is 0.495 e. The van der Waals surface area contributed by atoms with Gasteiger partial charge in [0, 0.05) is 37.0 Å². The van der Waals surface area contributed by atoms with Crippen LogP contribution in [0.4, 0.5) is 11.5 Å². The van der Waals surface area contributed by atoms with E-state index in [-0.39, 0.29) is 12.7 Å². The lowest BCUT2D eigenvalue weighted by Gasteiger charge is -2.23. The summed E-state index contributed by atoms with van der Waals surface area (Å²) in [5.74, 6) is 1.70. The Labute approximate surface area is 181 Å². The van der Waals surface area contributed by atoms with E-state index in [1.165, 1.54) is 7.11 Å². The monoisotopic (exact) mass is 416 g/mol. The van der Waals surface area contributed by atoms with Crippen LogP contribution in [0.5, 0.6) is 11.6 Å². The highest BCUT2D eigenvalue weighted by molar-refractivity contribution is 5.62. The first kappa shape index (κ1) is 20.7. The van der Waals surface area contributed by atoms with Crippen LogP contribution >= 0.6 is 0 Å². The number of anilines is 2. The summed E-state index contributed by atoms with van der Waals surface area (Å²) in [6, 6.07) is 21.3. The summed E-state index contributed by atoms with van der Waals surface area (Å²) < 4.78 is 11.6. The Kier molecular flexibility index (Phi) is 6.32. The van der Waals surface area contributed by atoms with Crippen LogP contribution in [0.2, 0.25) is 0 Å². The fourth-order valence-corrected chi connectivity index (χ4v) is 3.64. The molecule has 31 heavy (non-hydrogen) atoms. The maximum Gasteiger partial charge on any atom is 0.220 e. The predicted molar refractivity (Wildman–Crippen MR) is 117 cm³/mol. The van der Waals surface area contributed by atoms with Crippen molar-refractivity contribution in [2.75, 3.05) is 32.1 Å². The standard InChI is InChI=1S/C24H24N4O3/c1-30-21-13-20(9-7-18(21)14-25)26-23-10-8-19-15-28(11-12-29)16-22(31-24(19)27-23)17-5-3-2-4-6-17/h2-10,13,22,29H,11-12,15-16H2,1H3,(H,26,27). The van der Waals surface area contributed by atoms with E-state index in [0.29, 0.717) is 42.6 Å². The van der Waals surface area contributed by atoms with Gasteiger partial charge in [-0.15, -0.1) is 0 Å². The molecule has 0 bridgehead atoms. The van der Waals surface area contributed by atoms with E-state index in [9.17, 15) is 5.11 Å². The number of methoxy groups -OCH3 is 1. The minimum atomic E-state index is -0.188. The lowest BCUT2D eigenvalue weighted by Crippen LogP contribution is -2.30. The zero-order valence-corrected chi connectivity index (χ0v) is 17.3. The molecule has 1 aromatic heterocycles. The summed E-state index contributed by atoms with van der Waals surface area (Å²) in [7, 11) is 1.54. The summed E-state index contributed by atoms with van der Waals surface area (Å²) >= 11 is 0. The van der Waals surface area contributed by atoms with Gasteiger partial charge >= 0.3 is 0 Å². The van der Waals surface area contributed by atoms with Gasteiger partial charge in [-0.2, -0.15) is 10.2 Å². The highest BCUT2D eigenvalue weighted by atomic mass is 16.5. The van der Waals surface area contributed by atoms with Gasteiger partial charge in [-0.25, -0.2) is 0 Å². The molecule has 1 unspecified atom stereocenters. The third-order valence-corrected chi connectivity index (χ3v) is 5.19. The minimum Gasteiger partial charge on any atom is -0.495 e. The Bertz CT molecular complexity index is 1080. The fourth-order valence-electron chi connectivity index (χ4n) is 3.64. The van der Waals surface area contributed by atoms with Crippen LogP contribution in [-0.2, 0) is 6.54 Å². The molecule has 0 fully saturated rings. The maximum absolute atomic E-state index is 9.47. The van der Waals surface area contributed by atoms with E-state index >= 15 is 0 Å². The number of aromatic nitrogens is 1. The first-order valence-electron chi connectivity index (χ1n) is 10.1. The van der Waals surface area contributed by atoms with Crippen molar-refractivity contribution in [2.24, 2.45) is 0 Å². The first-order chi connectivity index (χ1) is 15.2. The van der Waals surface area contributed by atoms with Crippen LogP contribution in [0.15, 0.2) is 60.7 Å². The number of aliphatic hydroxyl groups is 1. The molecule has 1 atom stereocenters. The molecule has 3 aromatic rings. The van der Waals surface area contributed by atoms with Gasteiger partial charge in [0.05, 0.1) is 19.3 Å². The van der Waals surface area contributed by atoms with Crippen molar-refractivity contribution in [1.82, 2.24) is 9.88 Å². The molecule has 0 aliphatic carbocycles. The summed E-state index contributed by atoms with van der Waals surface area (Å²) in [5, 5.41) is 21.9. The lowest BCUT2D eigenvalue weighted by atomic mass is 10.1. The number of hydrogen-bond donors (Lipinski definition) is 2. The second-order valence-corrected chi connectivity index (χ2v) is 7.29. The minimum absolute atomic E-state index is 0.0877. The first-order valence-corrected chi connectivity index (χ1v) is 10.1. The van der Waals surface area contributed by atoms with Gasteiger partial charge in [-0.1, -0.05) is 30.3 Å². The molecule has 0 amide bonds. The van der Waals surface area contributed by atoms with E-state index in [1.807, 2.05) is 48.5 Å². The highest BCUT2D eigenvalue weighted by Gasteiger charge is 2.25. The molecule has 2 aromatic carbocycles. The number of nitrogens with zero attached hydrogens (tertiary/aromatic N) is 3. The normalized spacial score (nSPS) is 15.8. The summed E-state index contributed by atoms with van der Waals surface area (Å²) in [6.07, 6.45) is -0.188. The zero-order chi connectivity index (χ0) is 21.6. The van der Waals surface area contributed by atoms with Gasteiger partial charge in [-0.05, 0) is 29.8 Å². The smallest absolute Gasteiger partial charge is 0.220 e. The average Bonchev–Trinajstić information content (AvgIpc) is 2.98. The van der Waals surface area contributed by atoms with Crippen LogP contribution in [0, 0.1) is 11.3 Å². The molecule has 0 spiro atoms. The van der Waals surface area contributed by atoms with Crippen molar-refractivity contribution in [3.63, 3.8) is 0 Å². The number of pyridine rings is 1.